The lowest BCUT2D eigenvalue weighted by molar-refractivity contribution is -0.0498. The van der Waals surface area contributed by atoms with Gasteiger partial charge in [0.1, 0.15) is 10.8 Å². The highest BCUT2D eigenvalue weighted by atomic mass is 32.1. The number of ether oxygens (including phenoxy) is 2. The van der Waals surface area contributed by atoms with Crippen molar-refractivity contribution in [3.63, 3.8) is 0 Å². The van der Waals surface area contributed by atoms with Crippen LogP contribution in [0.3, 0.4) is 0 Å². The number of benzene rings is 1. The van der Waals surface area contributed by atoms with Crippen molar-refractivity contribution in [3.05, 3.63) is 40.3 Å². The van der Waals surface area contributed by atoms with E-state index in [1.807, 2.05) is 13.8 Å². The summed E-state index contributed by atoms with van der Waals surface area (Å²) in [5.74, 6) is -0.391. The van der Waals surface area contributed by atoms with Crippen molar-refractivity contribution in [2.75, 3.05) is 17.7 Å². The molecule has 0 unspecified atom stereocenters. The Balaban J connectivity index is 2.08. The predicted octanol–water partition coefficient (Wildman–Crippen LogP) is 4.56. The molecule has 2 aromatic rings. The molecule has 2 N–H and O–H groups in total. The molecule has 0 radical (unpaired) electrons. The van der Waals surface area contributed by atoms with Crippen LogP contribution in [0.25, 0.3) is 0 Å². The monoisotopic (exact) mass is 386 g/mol. The molecule has 0 bridgehead atoms. The molecule has 0 fully saturated rings. The number of methoxy groups -OCH3 is 1. The summed E-state index contributed by atoms with van der Waals surface area (Å²) in [4.78, 5) is 12.9. The van der Waals surface area contributed by atoms with E-state index in [1.165, 1.54) is 30.6 Å². The Bertz CT molecular complexity index is 776. The third-order valence-corrected chi connectivity index (χ3v) is 4.67. The first-order chi connectivity index (χ1) is 11.8. The minimum atomic E-state index is -2.87. The standard InChI is InChI=1S/C16H16F2N2O3S2/c1-8-9(2)25-13(12(8)14(21)22-3)20-16(24)19-10-4-6-11(7-5-10)23-15(17)18/h4-7,15H,1-3H3,(H2,19,20,24). The highest BCUT2D eigenvalue weighted by Gasteiger charge is 2.20. The molecule has 0 saturated heterocycles. The number of carbonyl (C=O) groups excluding carboxylic acids is 1. The van der Waals surface area contributed by atoms with E-state index in [4.69, 9.17) is 17.0 Å². The van der Waals surface area contributed by atoms with Crippen LogP contribution in [0, 0.1) is 13.8 Å². The molecule has 5 nitrogen and oxygen atoms in total. The highest BCUT2D eigenvalue weighted by molar-refractivity contribution is 7.80. The van der Waals surface area contributed by atoms with Crippen molar-refractivity contribution in [1.82, 2.24) is 0 Å². The molecular formula is C16H16F2N2O3S2. The van der Waals surface area contributed by atoms with Gasteiger partial charge < -0.3 is 20.1 Å². The zero-order chi connectivity index (χ0) is 18.6. The fourth-order valence-corrected chi connectivity index (χ4v) is 3.39. The molecule has 2 rings (SSSR count). The van der Waals surface area contributed by atoms with E-state index >= 15 is 0 Å². The summed E-state index contributed by atoms with van der Waals surface area (Å²) in [7, 11) is 1.32. The zero-order valence-corrected chi connectivity index (χ0v) is 15.3. The molecule has 1 aromatic carbocycles. The average Bonchev–Trinajstić information content (AvgIpc) is 2.82. The van der Waals surface area contributed by atoms with Crippen LogP contribution in [0.4, 0.5) is 19.5 Å². The van der Waals surface area contributed by atoms with Gasteiger partial charge in [0.15, 0.2) is 5.11 Å². The second-order valence-corrected chi connectivity index (χ2v) is 6.59. The maximum atomic E-state index is 12.1. The Morgan fingerprint density at radius 1 is 1.20 bits per heavy atom. The maximum absolute atomic E-state index is 12.1. The SMILES string of the molecule is COC(=O)c1c(NC(=S)Nc2ccc(OC(F)F)cc2)sc(C)c1C. The molecule has 25 heavy (non-hydrogen) atoms. The number of thiophene rings is 1. The van der Waals surface area contributed by atoms with Gasteiger partial charge >= 0.3 is 12.6 Å². The number of thiocarbonyl (C=S) groups is 1. The van der Waals surface area contributed by atoms with Crippen molar-refractivity contribution in [2.24, 2.45) is 0 Å². The molecule has 0 amide bonds. The Hall–Kier alpha value is -2.26. The zero-order valence-electron chi connectivity index (χ0n) is 13.7. The Morgan fingerprint density at radius 2 is 1.84 bits per heavy atom. The molecule has 9 heteroatoms. The van der Waals surface area contributed by atoms with Gasteiger partial charge in [0, 0.05) is 10.6 Å². The second kappa shape index (κ2) is 8.21. The lowest BCUT2D eigenvalue weighted by Gasteiger charge is -2.11. The van der Waals surface area contributed by atoms with Crippen LogP contribution in [-0.4, -0.2) is 24.8 Å². The molecular weight excluding hydrogens is 370 g/mol. The van der Waals surface area contributed by atoms with Crippen LogP contribution in [0.15, 0.2) is 24.3 Å². The first kappa shape index (κ1) is 19.1. The number of rotatable bonds is 5. The third kappa shape index (κ3) is 4.86. The van der Waals surface area contributed by atoms with Crippen LogP contribution in [-0.2, 0) is 4.74 Å². The van der Waals surface area contributed by atoms with Gasteiger partial charge in [0.2, 0.25) is 0 Å². The number of esters is 1. The molecule has 1 heterocycles. The maximum Gasteiger partial charge on any atom is 0.387 e. The number of halogens is 2. The number of nitrogens with one attached hydrogen (secondary N) is 2. The third-order valence-electron chi connectivity index (χ3n) is 3.34. The van der Waals surface area contributed by atoms with E-state index in [2.05, 4.69) is 15.4 Å². The summed E-state index contributed by atoms with van der Waals surface area (Å²) in [6, 6.07) is 5.91. The Kier molecular flexibility index (Phi) is 6.27. The van der Waals surface area contributed by atoms with E-state index in [-0.39, 0.29) is 10.9 Å². The number of hydrogen-bond donors (Lipinski definition) is 2. The first-order valence-electron chi connectivity index (χ1n) is 7.13. The van der Waals surface area contributed by atoms with Gasteiger partial charge in [-0.25, -0.2) is 4.79 Å². The molecule has 0 aliphatic carbocycles. The van der Waals surface area contributed by atoms with E-state index in [1.54, 1.807) is 12.1 Å². The predicted molar refractivity (Wildman–Crippen MR) is 98.0 cm³/mol. The van der Waals surface area contributed by atoms with Gasteiger partial charge in [-0.05, 0) is 55.9 Å². The van der Waals surface area contributed by atoms with E-state index < -0.39 is 12.6 Å². The van der Waals surface area contributed by atoms with E-state index in [9.17, 15) is 13.6 Å². The summed E-state index contributed by atoms with van der Waals surface area (Å²) < 4.78 is 33.4. The summed E-state index contributed by atoms with van der Waals surface area (Å²) in [6.07, 6.45) is 0. The highest BCUT2D eigenvalue weighted by Crippen LogP contribution is 2.33. The number of anilines is 2. The summed E-state index contributed by atoms with van der Waals surface area (Å²) >= 11 is 6.63. The van der Waals surface area contributed by atoms with Crippen LogP contribution < -0.4 is 15.4 Å². The van der Waals surface area contributed by atoms with Gasteiger partial charge in [0.05, 0.1) is 12.7 Å². The lowest BCUT2D eigenvalue weighted by Crippen LogP contribution is -2.20. The van der Waals surface area contributed by atoms with E-state index in [0.29, 0.717) is 16.3 Å². The summed E-state index contributed by atoms with van der Waals surface area (Å²) in [5, 5.41) is 6.72. The van der Waals surface area contributed by atoms with Gasteiger partial charge in [0.25, 0.3) is 0 Å². The van der Waals surface area contributed by atoms with Crippen LogP contribution in [0.2, 0.25) is 0 Å². The van der Waals surface area contributed by atoms with Gasteiger partial charge in [-0.15, -0.1) is 11.3 Å². The summed E-state index contributed by atoms with van der Waals surface area (Å²) in [5.41, 5.74) is 1.86. The quantitative estimate of drug-likeness (QED) is 0.580. The molecule has 0 atom stereocenters. The van der Waals surface area contributed by atoms with Crippen molar-refractivity contribution < 1.29 is 23.0 Å². The number of aryl methyl sites for hydroxylation is 1. The first-order valence-corrected chi connectivity index (χ1v) is 8.35. The molecule has 0 aliphatic heterocycles. The fraction of sp³-hybridized carbons (Fsp3) is 0.250. The molecule has 134 valence electrons. The van der Waals surface area contributed by atoms with Gasteiger partial charge in [-0.3, -0.25) is 0 Å². The topological polar surface area (TPSA) is 59.6 Å². The van der Waals surface area contributed by atoms with Crippen molar-refractivity contribution >= 4 is 45.3 Å². The van der Waals surface area contributed by atoms with E-state index in [0.717, 1.165) is 10.4 Å². The number of alkyl halides is 2. The second-order valence-electron chi connectivity index (χ2n) is 4.96. The average molecular weight is 386 g/mol. The largest absolute Gasteiger partial charge is 0.465 e. The van der Waals surface area contributed by atoms with Gasteiger partial charge in [-0.1, -0.05) is 0 Å². The Labute approximate surface area is 152 Å². The lowest BCUT2D eigenvalue weighted by atomic mass is 10.1. The van der Waals surface area contributed by atoms with Gasteiger partial charge in [-0.2, -0.15) is 8.78 Å². The summed E-state index contributed by atoms with van der Waals surface area (Å²) in [6.45, 7) is 0.862. The van der Waals surface area contributed by atoms with Crippen LogP contribution >= 0.6 is 23.6 Å². The minimum absolute atomic E-state index is 0.0527. The molecule has 0 spiro atoms. The van der Waals surface area contributed by atoms with Crippen LogP contribution in [0.1, 0.15) is 20.8 Å². The van der Waals surface area contributed by atoms with Crippen LogP contribution in [0.5, 0.6) is 5.75 Å². The number of hydrogen-bond acceptors (Lipinski definition) is 5. The Morgan fingerprint density at radius 3 is 2.40 bits per heavy atom. The molecule has 0 saturated carbocycles. The smallest absolute Gasteiger partial charge is 0.387 e. The molecule has 0 aliphatic rings. The van der Waals surface area contributed by atoms with Crippen molar-refractivity contribution in [3.8, 4) is 5.75 Å². The fourth-order valence-electron chi connectivity index (χ4n) is 2.05. The molecule has 1 aromatic heterocycles. The number of carbonyl (C=O) groups is 1. The van der Waals surface area contributed by atoms with Crippen molar-refractivity contribution in [2.45, 2.75) is 20.5 Å². The minimum Gasteiger partial charge on any atom is -0.465 e. The normalized spacial score (nSPS) is 10.5. The van der Waals surface area contributed by atoms with Crippen molar-refractivity contribution in [1.29, 1.82) is 0 Å².